The fourth-order valence-electron chi connectivity index (χ4n) is 0.523. The van der Waals surface area contributed by atoms with E-state index in [1.54, 1.807) is 0 Å². The van der Waals surface area contributed by atoms with E-state index in [1.165, 1.54) is 6.92 Å². The third kappa shape index (κ3) is 12.5. The summed E-state index contributed by atoms with van der Waals surface area (Å²) in [5, 5.41) is 17.7. The number of hydrogen-bond donors (Lipinski definition) is 3. The number of halogens is 3. The van der Waals surface area contributed by atoms with Gasteiger partial charge in [-0.1, -0.05) is 13.8 Å². The molecular formula is C10H16F3NO6. The van der Waals surface area contributed by atoms with Gasteiger partial charge in [-0.25, -0.2) is 9.59 Å². The summed E-state index contributed by atoms with van der Waals surface area (Å²) >= 11 is 0. The number of nitrogens with one attached hydrogen (secondary N) is 1. The van der Waals surface area contributed by atoms with Gasteiger partial charge in [-0.15, -0.1) is 0 Å². The topological polar surface area (TPSA) is 113 Å². The maximum absolute atomic E-state index is 10.9. The van der Waals surface area contributed by atoms with Crippen LogP contribution in [-0.2, 0) is 14.3 Å². The van der Waals surface area contributed by atoms with Crippen molar-refractivity contribution in [3.63, 3.8) is 0 Å². The number of alkyl halides is 3. The Bertz CT molecular complexity index is 342. The first-order chi connectivity index (χ1) is 8.87. The van der Waals surface area contributed by atoms with Crippen LogP contribution >= 0.6 is 0 Å². The first kappa shape index (κ1) is 20.3. The second kappa shape index (κ2) is 8.99. The lowest BCUT2D eigenvalue weighted by Crippen LogP contribution is -2.39. The Morgan fingerprint density at radius 1 is 1.15 bits per heavy atom. The Kier molecular flexibility index (Phi) is 9.14. The highest BCUT2D eigenvalue weighted by molar-refractivity contribution is 5.79. The molecule has 0 rings (SSSR count). The number of aliphatic carboxylic acids is 2. The Morgan fingerprint density at radius 3 is 1.80 bits per heavy atom. The number of ether oxygens (including phenoxy) is 1. The smallest absolute Gasteiger partial charge is 0.480 e. The molecular weight excluding hydrogens is 287 g/mol. The van der Waals surface area contributed by atoms with Gasteiger partial charge in [0.25, 0.3) is 0 Å². The molecule has 0 fully saturated rings. The first-order valence-electron chi connectivity index (χ1n) is 5.34. The molecule has 0 aliphatic rings. The van der Waals surface area contributed by atoms with Gasteiger partial charge in [0, 0.05) is 0 Å². The van der Waals surface area contributed by atoms with Gasteiger partial charge in [-0.3, -0.25) is 4.79 Å². The van der Waals surface area contributed by atoms with Crippen LogP contribution in [0.2, 0.25) is 0 Å². The standard InChI is InChI=1S/C8H15NO4.C2HF3O2/c1-5(2)4-13-8(12)9-6(3)7(10)11;3-2(4,5)1(6)7/h5-6H,4H2,1-3H3,(H,9,12)(H,10,11);(H,6,7)/t6-;/m0./s1. The van der Waals surface area contributed by atoms with Crippen LogP contribution in [0.4, 0.5) is 18.0 Å². The van der Waals surface area contributed by atoms with E-state index >= 15 is 0 Å². The van der Waals surface area contributed by atoms with Crippen LogP contribution < -0.4 is 5.32 Å². The van der Waals surface area contributed by atoms with Crippen molar-refractivity contribution in [3.05, 3.63) is 0 Å². The highest BCUT2D eigenvalue weighted by Crippen LogP contribution is 2.13. The molecule has 0 heterocycles. The Morgan fingerprint density at radius 2 is 1.55 bits per heavy atom. The van der Waals surface area contributed by atoms with E-state index < -0.39 is 30.2 Å². The maximum atomic E-state index is 10.9. The molecule has 0 aromatic carbocycles. The Hall–Kier alpha value is -2.00. The van der Waals surface area contributed by atoms with Crippen molar-refractivity contribution in [3.8, 4) is 0 Å². The molecule has 0 spiro atoms. The fourth-order valence-corrected chi connectivity index (χ4v) is 0.523. The van der Waals surface area contributed by atoms with E-state index in [-0.39, 0.29) is 12.5 Å². The number of amides is 1. The number of alkyl carbamates (subject to hydrolysis) is 1. The molecule has 0 aliphatic carbocycles. The molecule has 0 saturated heterocycles. The number of carbonyl (C=O) groups is 3. The second-order valence-corrected chi connectivity index (χ2v) is 4.00. The van der Waals surface area contributed by atoms with Gasteiger partial charge in [-0.05, 0) is 12.8 Å². The van der Waals surface area contributed by atoms with Crippen LogP contribution in [0.25, 0.3) is 0 Å². The van der Waals surface area contributed by atoms with E-state index in [1.807, 2.05) is 13.8 Å². The van der Waals surface area contributed by atoms with Crippen molar-refractivity contribution in [1.29, 1.82) is 0 Å². The lowest BCUT2D eigenvalue weighted by Gasteiger charge is -2.10. The highest BCUT2D eigenvalue weighted by Gasteiger charge is 2.38. The quantitative estimate of drug-likeness (QED) is 0.725. The molecule has 3 N–H and O–H groups in total. The van der Waals surface area contributed by atoms with Crippen molar-refractivity contribution in [2.24, 2.45) is 5.92 Å². The molecule has 118 valence electrons. The number of carbonyl (C=O) groups excluding carboxylic acids is 1. The summed E-state index contributed by atoms with van der Waals surface area (Å²) in [6.07, 6.45) is -5.77. The summed E-state index contributed by atoms with van der Waals surface area (Å²) in [6.45, 7) is 5.46. The fraction of sp³-hybridized carbons (Fsp3) is 0.700. The normalized spacial score (nSPS) is 11.9. The summed E-state index contributed by atoms with van der Waals surface area (Å²) < 4.78 is 36.4. The molecule has 0 aliphatic heterocycles. The van der Waals surface area contributed by atoms with E-state index in [0.717, 1.165) is 0 Å². The second-order valence-electron chi connectivity index (χ2n) is 4.00. The van der Waals surface area contributed by atoms with Gasteiger partial charge in [0.15, 0.2) is 0 Å². The van der Waals surface area contributed by atoms with Gasteiger partial charge < -0.3 is 20.3 Å². The number of carboxylic acid groups (broad SMARTS) is 2. The van der Waals surface area contributed by atoms with Crippen molar-refractivity contribution < 1.29 is 42.5 Å². The number of rotatable bonds is 4. The minimum atomic E-state index is -5.08. The number of hydrogen-bond acceptors (Lipinski definition) is 4. The zero-order valence-corrected chi connectivity index (χ0v) is 11.0. The molecule has 0 bridgehead atoms. The Balaban J connectivity index is 0. The molecule has 0 aromatic rings. The minimum absolute atomic E-state index is 0.242. The third-order valence-electron chi connectivity index (χ3n) is 1.50. The van der Waals surface area contributed by atoms with Crippen LogP contribution in [0, 0.1) is 5.92 Å². The minimum Gasteiger partial charge on any atom is -0.480 e. The van der Waals surface area contributed by atoms with Gasteiger partial charge in [0.05, 0.1) is 6.61 Å². The summed E-state index contributed by atoms with van der Waals surface area (Å²) in [5.74, 6) is -3.60. The van der Waals surface area contributed by atoms with Crippen LogP contribution in [0.3, 0.4) is 0 Å². The van der Waals surface area contributed by atoms with Gasteiger partial charge >= 0.3 is 24.2 Å². The third-order valence-corrected chi connectivity index (χ3v) is 1.50. The first-order valence-corrected chi connectivity index (χ1v) is 5.34. The van der Waals surface area contributed by atoms with Crippen LogP contribution in [0.15, 0.2) is 0 Å². The molecule has 10 heteroatoms. The summed E-state index contributed by atoms with van der Waals surface area (Å²) in [5.41, 5.74) is 0. The zero-order valence-electron chi connectivity index (χ0n) is 11.0. The lowest BCUT2D eigenvalue weighted by atomic mass is 10.2. The average molecular weight is 303 g/mol. The molecule has 0 aromatic heterocycles. The summed E-state index contributed by atoms with van der Waals surface area (Å²) in [6, 6.07) is -0.917. The van der Waals surface area contributed by atoms with Crippen LogP contribution in [0.5, 0.6) is 0 Å². The van der Waals surface area contributed by atoms with Crippen molar-refractivity contribution in [2.75, 3.05) is 6.61 Å². The van der Waals surface area contributed by atoms with E-state index in [9.17, 15) is 22.8 Å². The van der Waals surface area contributed by atoms with Gasteiger partial charge in [0.1, 0.15) is 6.04 Å². The lowest BCUT2D eigenvalue weighted by molar-refractivity contribution is -0.192. The number of carboxylic acids is 2. The van der Waals surface area contributed by atoms with Crippen molar-refractivity contribution in [2.45, 2.75) is 33.0 Å². The predicted octanol–water partition coefficient (Wildman–Crippen LogP) is 1.48. The van der Waals surface area contributed by atoms with E-state index in [4.69, 9.17) is 19.7 Å². The molecule has 1 amide bonds. The van der Waals surface area contributed by atoms with E-state index in [2.05, 4.69) is 5.32 Å². The average Bonchev–Trinajstić information content (AvgIpc) is 2.25. The summed E-state index contributed by atoms with van der Waals surface area (Å²) in [4.78, 5) is 30.1. The van der Waals surface area contributed by atoms with E-state index in [0.29, 0.717) is 0 Å². The monoisotopic (exact) mass is 303 g/mol. The van der Waals surface area contributed by atoms with Crippen molar-refractivity contribution >= 4 is 18.0 Å². The van der Waals surface area contributed by atoms with Crippen molar-refractivity contribution in [1.82, 2.24) is 5.32 Å². The highest BCUT2D eigenvalue weighted by atomic mass is 19.4. The largest absolute Gasteiger partial charge is 0.490 e. The molecule has 7 nitrogen and oxygen atoms in total. The molecule has 1 atom stereocenters. The summed E-state index contributed by atoms with van der Waals surface area (Å²) in [7, 11) is 0. The molecule has 0 saturated carbocycles. The van der Waals surface area contributed by atoms with Gasteiger partial charge in [0.2, 0.25) is 0 Å². The molecule has 0 radical (unpaired) electrons. The molecule has 20 heavy (non-hydrogen) atoms. The predicted molar refractivity (Wildman–Crippen MR) is 60.1 cm³/mol. The molecule has 0 unspecified atom stereocenters. The van der Waals surface area contributed by atoms with Gasteiger partial charge in [-0.2, -0.15) is 13.2 Å². The zero-order chi connectivity index (χ0) is 16.5. The van der Waals surface area contributed by atoms with Crippen LogP contribution in [-0.4, -0.2) is 47.1 Å². The van der Waals surface area contributed by atoms with Crippen LogP contribution in [0.1, 0.15) is 20.8 Å². The SMILES string of the molecule is CC(C)COC(=O)N[C@@H](C)C(=O)O.O=C(O)C(F)(F)F. The maximum Gasteiger partial charge on any atom is 0.490 e. The Labute approximate surface area is 112 Å².